The predicted octanol–water partition coefficient (Wildman–Crippen LogP) is 2.41. The second kappa shape index (κ2) is 7.24. The monoisotopic (exact) mass is 283 g/mol. The molecular weight excluding hydrogens is 266 g/mol. The number of rotatable bonds is 6. The molecule has 0 saturated heterocycles. The predicted molar refractivity (Wildman–Crippen MR) is 81.1 cm³/mol. The van der Waals surface area contributed by atoms with Crippen LogP contribution < -0.4 is 5.73 Å². The molecule has 108 valence electrons. The van der Waals surface area contributed by atoms with E-state index < -0.39 is 0 Å². The molecule has 0 aromatic heterocycles. The van der Waals surface area contributed by atoms with E-state index in [0.29, 0.717) is 36.1 Å². The van der Waals surface area contributed by atoms with Gasteiger partial charge in [-0.05, 0) is 23.3 Å². The Hall–Kier alpha value is -2.62. The molecule has 0 amide bonds. The molecule has 2 rings (SSSR count). The van der Waals surface area contributed by atoms with E-state index in [1.54, 1.807) is 18.2 Å². The molecule has 0 aliphatic rings. The van der Waals surface area contributed by atoms with Gasteiger partial charge in [-0.15, -0.1) is 0 Å². The minimum absolute atomic E-state index is 0.0726. The molecule has 2 N–H and O–H groups in total. The van der Waals surface area contributed by atoms with Gasteiger partial charge in [-0.25, -0.2) is 0 Å². The van der Waals surface area contributed by atoms with E-state index in [4.69, 9.17) is 10.5 Å². The van der Waals surface area contributed by atoms with Crippen molar-refractivity contribution in [3.63, 3.8) is 0 Å². The average molecular weight is 283 g/mol. The highest BCUT2D eigenvalue weighted by Gasteiger charge is 2.09. The highest BCUT2D eigenvalue weighted by Crippen LogP contribution is 2.13. The molecule has 2 aromatic rings. The molecule has 0 radical (unpaired) electrons. The lowest BCUT2D eigenvalue weighted by Crippen LogP contribution is -2.12. The van der Waals surface area contributed by atoms with Crippen molar-refractivity contribution in [2.24, 2.45) is 0 Å². The molecule has 0 saturated carbocycles. The Balaban J connectivity index is 1.86. The topological polar surface area (TPSA) is 69.4 Å². The number of hydrogen-bond acceptors (Lipinski definition) is 4. The molecule has 0 fully saturated rings. The molecule has 0 bridgehead atoms. The maximum absolute atomic E-state index is 11.8. The van der Waals surface area contributed by atoms with Crippen molar-refractivity contribution in [1.29, 1.82) is 0 Å². The summed E-state index contributed by atoms with van der Waals surface area (Å²) >= 11 is 0. The van der Waals surface area contributed by atoms with Gasteiger partial charge in [0.15, 0.2) is 0 Å². The van der Waals surface area contributed by atoms with E-state index >= 15 is 0 Å². The first kappa shape index (κ1) is 14.8. The average Bonchev–Trinajstić information content (AvgIpc) is 2.50. The minimum Gasteiger partial charge on any atom is -0.465 e. The number of ether oxygens (including phenoxy) is 1. The number of nitrogen functional groups attached to an aromatic ring is 1. The van der Waals surface area contributed by atoms with Gasteiger partial charge in [-0.1, -0.05) is 36.4 Å². The van der Waals surface area contributed by atoms with Crippen LogP contribution in [-0.4, -0.2) is 18.9 Å². The van der Waals surface area contributed by atoms with Gasteiger partial charge >= 0.3 is 5.97 Å². The molecule has 4 heteroatoms. The summed E-state index contributed by atoms with van der Waals surface area (Å²) in [5.41, 5.74) is 8.27. The van der Waals surface area contributed by atoms with Gasteiger partial charge < -0.3 is 10.5 Å². The van der Waals surface area contributed by atoms with Gasteiger partial charge in [0.1, 0.15) is 6.29 Å². The first-order valence-corrected chi connectivity index (χ1v) is 6.72. The number of aldehydes is 1. The normalized spacial score (nSPS) is 10.1. The summed E-state index contributed by atoms with van der Waals surface area (Å²) in [5, 5.41) is 0. The zero-order valence-electron chi connectivity index (χ0n) is 11.6. The molecule has 0 aliphatic carbocycles. The van der Waals surface area contributed by atoms with Crippen molar-refractivity contribution < 1.29 is 14.3 Å². The van der Waals surface area contributed by atoms with E-state index in [0.717, 1.165) is 5.56 Å². The Morgan fingerprint density at radius 2 is 1.90 bits per heavy atom. The van der Waals surface area contributed by atoms with E-state index in [2.05, 4.69) is 0 Å². The van der Waals surface area contributed by atoms with Crippen molar-refractivity contribution in [3.8, 4) is 0 Å². The Kier molecular flexibility index (Phi) is 5.10. The van der Waals surface area contributed by atoms with Crippen LogP contribution >= 0.6 is 0 Å². The summed E-state index contributed by atoms with van der Waals surface area (Å²) in [5.74, 6) is -0.348. The molecule has 0 aliphatic heterocycles. The van der Waals surface area contributed by atoms with E-state index in [1.807, 2.05) is 30.3 Å². The summed E-state index contributed by atoms with van der Waals surface area (Å²) in [7, 11) is 0. The maximum atomic E-state index is 11.8. The first-order valence-electron chi connectivity index (χ1n) is 6.72. The molecule has 0 atom stereocenters. The molecule has 0 unspecified atom stereocenters. The number of carbonyl (C=O) groups excluding carboxylic acids is 2. The number of hydrogen-bond donors (Lipinski definition) is 1. The van der Waals surface area contributed by atoms with E-state index in [9.17, 15) is 9.59 Å². The number of nitrogens with two attached hydrogens (primary N) is 1. The largest absolute Gasteiger partial charge is 0.465 e. The molecule has 2 aromatic carbocycles. The Labute approximate surface area is 123 Å². The number of anilines is 1. The van der Waals surface area contributed by atoms with Crippen LogP contribution in [0.15, 0.2) is 48.5 Å². The summed E-state index contributed by atoms with van der Waals surface area (Å²) in [6.07, 6.45) is 1.45. The third-order valence-electron chi connectivity index (χ3n) is 3.13. The van der Waals surface area contributed by atoms with E-state index in [1.165, 1.54) is 0 Å². The molecule has 21 heavy (non-hydrogen) atoms. The van der Waals surface area contributed by atoms with Gasteiger partial charge in [0.05, 0.1) is 13.0 Å². The summed E-state index contributed by atoms with van der Waals surface area (Å²) in [6.45, 7) is 0.328. The Morgan fingerprint density at radius 3 is 2.62 bits per heavy atom. The summed E-state index contributed by atoms with van der Waals surface area (Å²) < 4.78 is 5.19. The van der Waals surface area contributed by atoms with Crippen LogP contribution in [0.1, 0.15) is 21.5 Å². The van der Waals surface area contributed by atoms with Crippen molar-refractivity contribution in [2.75, 3.05) is 12.3 Å². The maximum Gasteiger partial charge on any atom is 0.310 e. The van der Waals surface area contributed by atoms with Crippen LogP contribution in [0.5, 0.6) is 0 Å². The zero-order chi connectivity index (χ0) is 15.1. The summed E-state index contributed by atoms with van der Waals surface area (Å²) in [6, 6.07) is 14.7. The van der Waals surface area contributed by atoms with Gasteiger partial charge in [0.2, 0.25) is 0 Å². The van der Waals surface area contributed by atoms with Gasteiger partial charge in [-0.2, -0.15) is 0 Å². The smallest absolute Gasteiger partial charge is 0.310 e. The van der Waals surface area contributed by atoms with Crippen LogP contribution in [-0.2, 0) is 22.4 Å². The van der Waals surface area contributed by atoms with Crippen molar-refractivity contribution in [3.05, 3.63) is 65.2 Å². The summed E-state index contributed by atoms with van der Waals surface area (Å²) in [4.78, 5) is 22.7. The lowest BCUT2D eigenvalue weighted by Gasteiger charge is -2.07. The van der Waals surface area contributed by atoms with Crippen LogP contribution in [0.4, 0.5) is 5.69 Å². The van der Waals surface area contributed by atoms with Crippen LogP contribution in [0.3, 0.4) is 0 Å². The Morgan fingerprint density at radius 1 is 1.14 bits per heavy atom. The Bertz CT molecular complexity index is 623. The molecule has 0 spiro atoms. The lowest BCUT2D eigenvalue weighted by atomic mass is 10.0. The van der Waals surface area contributed by atoms with Gasteiger partial charge in [0.25, 0.3) is 0 Å². The van der Waals surface area contributed by atoms with Gasteiger partial charge in [0, 0.05) is 17.7 Å². The van der Waals surface area contributed by atoms with Crippen LogP contribution in [0.25, 0.3) is 0 Å². The van der Waals surface area contributed by atoms with Crippen molar-refractivity contribution in [1.82, 2.24) is 0 Å². The second-order valence-corrected chi connectivity index (χ2v) is 4.71. The fourth-order valence-electron chi connectivity index (χ4n) is 2.02. The van der Waals surface area contributed by atoms with Crippen molar-refractivity contribution in [2.45, 2.75) is 12.8 Å². The van der Waals surface area contributed by atoms with Crippen LogP contribution in [0.2, 0.25) is 0 Å². The van der Waals surface area contributed by atoms with E-state index in [-0.39, 0.29) is 12.4 Å². The standard InChI is InChI=1S/C17H17NO3/c18-16-7-6-14(15(10-16)12-19)11-17(20)21-9-8-13-4-2-1-3-5-13/h1-7,10,12H,8-9,11,18H2. The number of esters is 1. The highest BCUT2D eigenvalue weighted by atomic mass is 16.5. The molecule has 0 heterocycles. The number of benzene rings is 2. The SMILES string of the molecule is Nc1ccc(CC(=O)OCCc2ccccc2)c(C=O)c1. The molecular formula is C17H17NO3. The molecule has 4 nitrogen and oxygen atoms in total. The fourth-order valence-corrected chi connectivity index (χ4v) is 2.02. The van der Waals surface area contributed by atoms with Gasteiger partial charge in [-0.3, -0.25) is 9.59 Å². The lowest BCUT2D eigenvalue weighted by molar-refractivity contribution is -0.142. The zero-order valence-corrected chi connectivity index (χ0v) is 11.6. The highest BCUT2D eigenvalue weighted by molar-refractivity contribution is 5.83. The number of carbonyl (C=O) groups is 2. The van der Waals surface area contributed by atoms with Crippen molar-refractivity contribution >= 4 is 17.9 Å². The quantitative estimate of drug-likeness (QED) is 0.502. The first-order chi connectivity index (χ1) is 10.2. The second-order valence-electron chi connectivity index (χ2n) is 4.71. The third kappa shape index (κ3) is 4.45. The minimum atomic E-state index is -0.348. The third-order valence-corrected chi connectivity index (χ3v) is 3.13. The fraction of sp³-hybridized carbons (Fsp3) is 0.176. The van der Waals surface area contributed by atoms with Crippen LogP contribution in [0, 0.1) is 0 Å².